The van der Waals surface area contributed by atoms with Gasteiger partial charge >= 0.3 is 0 Å². The lowest BCUT2D eigenvalue weighted by Gasteiger charge is -2.13. The summed E-state index contributed by atoms with van der Waals surface area (Å²) in [6.07, 6.45) is 1.47. The number of anilines is 2. The molecule has 0 bridgehead atoms. The largest absolute Gasteiger partial charge is 0.324 e. The molecule has 11 heteroatoms. The van der Waals surface area contributed by atoms with Crippen LogP contribution < -0.4 is 16.0 Å². The van der Waals surface area contributed by atoms with Gasteiger partial charge in [-0.25, -0.2) is 0 Å². The minimum Gasteiger partial charge on any atom is -0.324 e. The van der Waals surface area contributed by atoms with E-state index in [2.05, 4.69) is 16.0 Å². The maximum absolute atomic E-state index is 13.3. The van der Waals surface area contributed by atoms with Crippen molar-refractivity contribution in [1.82, 2.24) is 5.32 Å². The van der Waals surface area contributed by atoms with Crippen molar-refractivity contribution in [2.45, 2.75) is 4.90 Å². The van der Waals surface area contributed by atoms with E-state index in [1.54, 1.807) is 91.0 Å². The molecule has 3 N–H and O–H groups in total. The van der Waals surface area contributed by atoms with Crippen LogP contribution >= 0.6 is 58.2 Å². The third-order valence-corrected chi connectivity index (χ3v) is 7.58. The quantitative estimate of drug-likeness (QED) is 0.126. The van der Waals surface area contributed by atoms with Gasteiger partial charge in [0.25, 0.3) is 11.8 Å². The summed E-state index contributed by atoms with van der Waals surface area (Å²) < 4.78 is 0. The van der Waals surface area contributed by atoms with Crippen LogP contribution in [-0.2, 0) is 9.59 Å². The van der Waals surface area contributed by atoms with E-state index in [1.807, 2.05) is 0 Å². The van der Waals surface area contributed by atoms with Gasteiger partial charge in [-0.05, 0) is 72.3 Å². The first kappa shape index (κ1) is 30.5. The molecule has 208 valence electrons. The van der Waals surface area contributed by atoms with Crippen molar-refractivity contribution < 1.29 is 14.4 Å². The number of carbonyl (C=O) groups excluding carboxylic acids is 3. The molecular weight excluding hydrogens is 624 g/mol. The molecule has 4 aromatic carbocycles. The summed E-state index contributed by atoms with van der Waals surface area (Å²) in [7, 11) is 0. The first-order valence-electron chi connectivity index (χ1n) is 12.0. The number of rotatable bonds is 9. The molecule has 4 rings (SSSR count). The number of hydrogen-bond acceptors (Lipinski definition) is 4. The third kappa shape index (κ3) is 9.01. The maximum atomic E-state index is 13.3. The normalized spacial score (nSPS) is 11.1. The van der Waals surface area contributed by atoms with Crippen LogP contribution in [0.15, 0.2) is 102 Å². The molecule has 0 spiro atoms. The van der Waals surface area contributed by atoms with Crippen LogP contribution in [0.5, 0.6) is 0 Å². The van der Waals surface area contributed by atoms with Gasteiger partial charge in [0.15, 0.2) is 0 Å². The molecule has 0 aliphatic carbocycles. The van der Waals surface area contributed by atoms with E-state index in [-0.39, 0.29) is 17.4 Å². The molecule has 0 aliphatic heterocycles. The molecule has 0 heterocycles. The highest BCUT2D eigenvalue weighted by Crippen LogP contribution is 2.27. The highest BCUT2D eigenvalue weighted by atomic mass is 35.5. The van der Waals surface area contributed by atoms with E-state index in [0.29, 0.717) is 42.6 Å². The first-order valence-corrected chi connectivity index (χ1v) is 14.5. The predicted octanol–water partition coefficient (Wildman–Crippen LogP) is 8.44. The highest BCUT2D eigenvalue weighted by molar-refractivity contribution is 8.00. The van der Waals surface area contributed by atoms with Gasteiger partial charge in [0, 0.05) is 31.2 Å². The Labute approximate surface area is 261 Å². The summed E-state index contributed by atoms with van der Waals surface area (Å²) in [5.74, 6) is -1.22. The second-order valence-electron chi connectivity index (χ2n) is 8.49. The number of halogens is 4. The van der Waals surface area contributed by atoms with Crippen LogP contribution in [0.2, 0.25) is 20.1 Å². The predicted molar refractivity (Wildman–Crippen MR) is 169 cm³/mol. The molecule has 0 aliphatic rings. The Bertz CT molecular complexity index is 1630. The second kappa shape index (κ2) is 14.4. The number of hydrogen-bond donors (Lipinski definition) is 3. The number of carbonyl (C=O) groups is 3. The summed E-state index contributed by atoms with van der Waals surface area (Å²) >= 11 is 25.7. The molecule has 0 unspecified atom stereocenters. The summed E-state index contributed by atoms with van der Waals surface area (Å²) in [4.78, 5) is 39.4. The molecule has 0 radical (unpaired) electrons. The minimum absolute atomic E-state index is 0.0288. The fraction of sp³-hybridized carbons (Fsp3) is 0.0333. The summed E-state index contributed by atoms with van der Waals surface area (Å²) in [5.41, 5.74) is 1.72. The van der Waals surface area contributed by atoms with E-state index < -0.39 is 11.8 Å². The van der Waals surface area contributed by atoms with Crippen LogP contribution in [0.3, 0.4) is 0 Å². The Morgan fingerprint density at radius 1 is 0.732 bits per heavy atom. The molecule has 0 saturated heterocycles. The zero-order valence-corrected chi connectivity index (χ0v) is 24.9. The Kier molecular flexibility index (Phi) is 10.7. The smallest absolute Gasteiger partial charge is 0.272 e. The van der Waals surface area contributed by atoms with Crippen molar-refractivity contribution in [3.05, 3.63) is 128 Å². The molecule has 0 aromatic heterocycles. The summed E-state index contributed by atoms with van der Waals surface area (Å²) in [6.45, 7) is 0. The lowest BCUT2D eigenvalue weighted by atomic mass is 10.1. The molecule has 0 saturated carbocycles. The first-order chi connectivity index (χ1) is 19.7. The number of amides is 3. The maximum Gasteiger partial charge on any atom is 0.272 e. The average molecular weight is 645 g/mol. The van der Waals surface area contributed by atoms with Gasteiger partial charge in [-0.1, -0.05) is 76.7 Å². The van der Waals surface area contributed by atoms with Crippen LogP contribution in [0, 0.1) is 0 Å². The molecular formula is C30H21Cl4N3O3S. The fourth-order valence-electron chi connectivity index (χ4n) is 3.51. The SMILES string of the molecule is O=C(CSc1cccc(NC(=O)/C(=C\c2ccc(Cl)cc2Cl)NC(=O)c2ccccc2)c1)Nc1cc(Cl)ccc1Cl. The molecule has 41 heavy (non-hydrogen) atoms. The van der Waals surface area contributed by atoms with Crippen LogP contribution in [0.1, 0.15) is 15.9 Å². The van der Waals surface area contributed by atoms with E-state index in [1.165, 1.54) is 17.8 Å². The third-order valence-electron chi connectivity index (χ3n) is 5.46. The van der Waals surface area contributed by atoms with Gasteiger partial charge in [-0.2, -0.15) is 0 Å². The zero-order chi connectivity index (χ0) is 29.4. The lowest BCUT2D eigenvalue weighted by Crippen LogP contribution is -2.30. The topological polar surface area (TPSA) is 87.3 Å². The molecule has 0 fully saturated rings. The van der Waals surface area contributed by atoms with Gasteiger partial charge in [0.05, 0.1) is 16.5 Å². The fourth-order valence-corrected chi connectivity index (χ4v) is 5.06. The average Bonchev–Trinajstić information content (AvgIpc) is 2.95. The van der Waals surface area contributed by atoms with Crippen LogP contribution in [0.4, 0.5) is 11.4 Å². The Balaban J connectivity index is 1.47. The second-order valence-corrected chi connectivity index (χ2v) is 11.2. The monoisotopic (exact) mass is 643 g/mol. The highest BCUT2D eigenvalue weighted by Gasteiger charge is 2.16. The molecule has 3 amide bonds. The molecule has 0 atom stereocenters. The van der Waals surface area contributed by atoms with Crippen molar-refractivity contribution in [3.63, 3.8) is 0 Å². The number of thioether (sulfide) groups is 1. The van der Waals surface area contributed by atoms with Gasteiger partial charge in [0.1, 0.15) is 5.70 Å². The van der Waals surface area contributed by atoms with Crippen molar-refractivity contribution in [3.8, 4) is 0 Å². The Morgan fingerprint density at radius 2 is 1.46 bits per heavy atom. The molecule has 4 aromatic rings. The summed E-state index contributed by atoms with van der Waals surface area (Å²) in [5, 5.41) is 9.77. The van der Waals surface area contributed by atoms with E-state index in [9.17, 15) is 14.4 Å². The van der Waals surface area contributed by atoms with E-state index in [4.69, 9.17) is 46.4 Å². The van der Waals surface area contributed by atoms with Gasteiger partial charge in [0.2, 0.25) is 5.91 Å². The van der Waals surface area contributed by atoms with Crippen molar-refractivity contribution in [1.29, 1.82) is 0 Å². The number of nitrogens with one attached hydrogen (secondary N) is 3. The Morgan fingerprint density at radius 3 is 2.22 bits per heavy atom. The van der Waals surface area contributed by atoms with Crippen molar-refractivity contribution >= 4 is 93.3 Å². The van der Waals surface area contributed by atoms with E-state index in [0.717, 1.165) is 4.90 Å². The van der Waals surface area contributed by atoms with Crippen molar-refractivity contribution in [2.24, 2.45) is 0 Å². The zero-order valence-electron chi connectivity index (χ0n) is 21.1. The van der Waals surface area contributed by atoms with Gasteiger partial charge in [-0.3, -0.25) is 14.4 Å². The summed E-state index contributed by atoms with van der Waals surface area (Å²) in [6, 6.07) is 25.1. The lowest BCUT2D eigenvalue weighted by molar-refractivity contribution is -0.114. The number of benzene rings is 4. The Hall–Kier alpha value is -3.46. The van der Waals surface area contributed by atoms with E-state index >= 15 is 0 Å². The standard InChI is InChI=1S/C30H21Cl4N3O3S/c31-20-10-9-19(25(34)14-20)13-27(37-29(39)18-5-2-1-3-6-18)30(40)35-22-7-4-8-23(16-22)41-17-28(38)36-26-15-21(32)11-12-24(26)33/h1-16H,17H2,(H,35,40)(H,36,38)(H,37,39)/b27-13+. The van der Waals surface area contributed by atoms with Crippen LogP contribution in [0.25, 0.3) is 6.08 Å². The van der Waals surface area contributed by atoms with Gasteiger partial charge in [-0.15, -0.1) is 11.8 Å². The minimum atomic E-state index is -0.573. The van der Waals surface area contributed by atoms with Crippen LogP contribution in [-0.4, -0.2) is 23.5 Å². The van der Waals surface area contributed by atoms with Crippen molar-refractivity contribution in [2.75, 3.05) is 16.4 Å². The van der Waals surface area contributed by atoms with Gasteiger partial charge < -0.3 is 16.0 Å². The molecule has 6 nitrogen and oxygen atoms in total.